The van der Waals surface area contributed by atoms with Gasteiger partial charge in [0.05, 0.1) is 6.26 Å². The number of rotatable bonds is 6. The quantitative estimate of drug-likeness (QED) is 0.838. The number of carbonyl (C=O) groups excluding carboxylic acids is 1. The third-order valence-corrected chi connectivity index (χ3v) is 3.39. The lowest BCUT2D eigenvalue weighted by Gasteiger charge is -2.09. The molecule has 0 aliphatic rings. The summed E-state index contributed by atoms with van der Waals surface area (Å²) in [6, 6.07) is 12.0. The van der Waals surface area contributed by atoms with E-state index in [4.69, 9.17) is 4.42 Å². The van der Waals surface area contributed by atoms with Gasteiger partial charge in [0, 0.05) is 6.54 Å². The summed E-state index contributed by atoms with van der Waals surface area (Å²) in [6.45, 7) is 5.04. The monoisotopic (exact) mass is 273 g/mol. The Morgan fingerprint density at radius 3 is 2.80 bits per heavy atom. The average molecular weight is 273 g/mol. The van der Waals surface area contributed by atoms with Crippen molar-refractivity contribution < 1.29 is 14.5 Å². The smallest absolute Gasteiger partial charge is 0.275 e. The number of nitrogens with two attached hydrogens (primary N) is 1. The molecule has 1 atom stereocenters. The molecule has 2 aromatic rings. The van der Waals surface area contributed by atoms with E-state index in [1.165, 1.54) is 5.56 Å². The van der Waals surface area contributed by atoms with Crippen LogP contribution < -0.4 is 10.6 Å². The Kier molecular flexibility index (Phi) is 4.96. The molecule has 4 nitrogen and oxygen atoms in total. The minimum atomic E-state index is 0.0339. The van der Waals surface area contributed by atoms with Crippen molar-refractivity contribution in [2.75, 3.05) is 6.54 Å². The van der Waals surface area contributed by atoms with Crippen LogP contribution in [-0.2, 0) is 11.3 Å². The minimum Gasteiger partial charge on any atom is -0.463 e. The van der Waals surface area contributed by atoms with E-state index in [9.17, 15) is 4.79 Å². The molecule has 4 heteroatoms. The molecule has 1 aromatic carbocycles. The molecular formula is C16H21N2O2+. The summed E-state index contributed by atoms with van der Waals surface area (Å²) in [4.78, 5) is 11.8. The van der Waals surface area contributed by atoms with Gasteiger partial charge in [0.2, 0.25) is 0 Å². The first kappa shape index (κ1) is 14.3. The molecule has 0 saturated heterocycles. The van der Waals surface area contributed by atoms with Crippen LogP contribution in [0.2, 0.25) is 0 Å². The maximum Gasteiger partial charge on any atom is 0.275 e. The van der Waals surface area contributed by atoms with E-state index in [0.29, 0.717) is 13.1 Å². The van der Waals surface area contributed by atoms with Crippen LogP contribution in [0, 0.1) is 6.92 Å². The molecule has 3 N–H and O–H groups in total. The third-order valence-electron chi connectivity index (χ3n) is 3.39. The number of quaternary nitrogens is 1. The maximum atomic E-state index is 11.8. The molecular weight excluding hydrogens is 252 g/mol. The van der Waals surface area contributed by atoms with Crippen molar-refractivity contribution in [3.8, 4) is 0 Å². The molecule has 0 spiro atoms. The lowest BCUT2D eigenvalue weighted by Crippen LogP contribution is -2.86. The second-order valence-electron chi connectivity index (χ2n) is 4.95. The van der Waals surface area contributed by atoms with Gasteiger partial charge >= 0.3 is 0 Å². The lowest BCUT2D eigenvalue weighted by molar-refractivity contribution is -0.684. The Hall–Kier alpha value is -2.07. The number of amides is 1. The summed E-state index contributed by atoms with van der Waals surface area (Å²) in [6.07, 6.45) is 1.65. The van der Waals surface area contributed by atoms with E-state index in [0.717, 1.165) is 11.3 Å². The van der Waals surface area contributed by atoms with Crippen molar-refractivity contribution in [3.05, 3.63) is 59.5 Å². The zero-order valence-corrected chi connectivity index (χ0v) is 11.9. The molecule has 0 fully saturated rings. The Balaban J connectivity index is 1.75. The van der Waals surface area contributed by atoms with Crippen molar-refractivity contribution in [1.29, 1.82) is 0 Å². The van der Waals surface area contributed by atoms with Crippen LogP contribution in [0.1, 0.15) is 29.9 Å². The van der Waals surface area contributed by atoms with Crippen molar-refractivity contribution in [1.82, 2.24) is 5.32 Å². The summed E-state index contributed by atoms with van der Waals surface area (Å²) >= 11 is 0. The largest absolute Gasteiger partial charge is 0.463 e. The maximum absolute atomic E-state index is 11.8. The fourth-order valence-electron chi connectivity index (χ4n) is 2.02. The molecule has 0 bridgehead atoms. The van der Waals surface area contributed by atoms with Crippen molar-refractivity contribution in [2.24, 2.45) is 0 Å². The number of aryl methyl sites for hydroxylation is 1. The van der Waals surface area contributed by atoms with Gasteiger partial charge in [-0.1, -0.05) is 24.3 Å². The molecule has 0 radical (unpaired) electrons. The van der Waals surface area contributed by atoms with Crippen LogP contribution >= 0.6 is 0 Å². The van der Waals surface area contributed by atoms with Gasteiger partial charge in [-0.3, -0.25) is 4.79 Å². The van der Waals surface area contributed by atoms with E-state index in [-0.39, 0.29) is 11.9 Å². The van der Waals surface area contributed by atoms with Crippen LogP contribution in [0.3, 0.4) is 0 Å². The van der Waals surface area contributed by atoms with Crippen LogP contribution in [0.5, 0.6) is 0 Å². The zero-order valence-electron chi connectivity index (χ0n) is 11.9. The first-order valence-electron chi connectivity index (χ1n) is 6.84. The van der Waals surface area contributed by atoms with Gasteiger partial charge in [-0.15, -0.1) is 0 Å². The summed E-state index contributed by atoms with van der Waals surface area (Å²) in [5, 5.41) is 4.90. The fraction of sp³-hybridized carbons (Fsp3) is 0.312. The van der Waals surface area contributed by atoms with Crippen LogP contribution in [0.15, 0.2) is 47.1 Å². The van der Waals surface area contributed by atoms with Gasteiger partial charge in [0.1, 0.15) is 6.04 Å². The Labute approximate surface area is 119 Å². The second kappa shape index (κ2) is 6.91. The predicted octanol–water partition coefficient (Wildman–Crippen LogP) is 1.53. The summed E-state index contributed by atoms with van der Waals surface area (Å²) in [7, 11) is 0. The molecule has 0 saturated carbocycles. The number of hydrogen-bond donors (Lipinski definition) is 2. The highest BCUT2D eigenvalue weighted by Crippen LogP contribution is 2.07. The SMILES string of the molecule is Cc1ccccc1CNC(=O)C[NH2+][C@@H](C)c1ccco1. The van der Waals surface area contributed by atoms with Crippen molar-refractivity contribution in [3.63, 3.8) is 0 Å². The number of nitrogens with one attached hydrogen (secondary N) is 1. The van der Waals surface area contributed by atoms with Gasteiger partial charge in [0.25, 0.3) is 5.91 Å². The molecule has 0 aliphatic heterocycles. The first-order valence-corrected chi connectivity index (χ1v) is 6.84. The highest BCUT2D eigenvalue weighted by Gasteiger charge is 2.13. The van der Waals surface area contributed by atoms with Crippen molar-refractivity contribution >= 4 is 5.91 Å². The van der Waals surface area contributed by atoms with Crippen molar-refractivity contribution in [2.45, 2.75) is 26.4 Å². The number of carbonyl (C=O) groups is 1. The first-order chi connectivity index (χ1) is 9.66. The predicted molar refractivity (Wildman–Crippen MR) is 76.9 cm³/mol. The normalized spacial score (nSPS) is 12.1. The topological polar surface area (TPSA) is 58.9 Å². The van der Waals surface area contributed by atoms with E-state index in [1.807, 2.05) is 55.6 Å². The molecule has 1 aromatic heterocycles. The third kappa shape index (κ3) is 3.96. The van der Waals surface area contributed by atoms with Gasteiger partial charge in [0.15, 0.2) is 12.3 Å². The van der Waals surface area contributed by atoms with Gasteiger partial charge < -0.3 is 15.1 Å². The van der Waals surface area contributed by atoms with E-state index in [1.54, 1.807) is 6.26 Å². The molecule has 106 valence electrons. The van der Waals surface area contributed by atoms with Gasteiger partial charge in [-0.25, -0.2) is 0 Å². The van der Waals surface area contributed by atoms with Gasteiger partial charge in [-0.05, 0) is 37.1 Å². The minimum absolute atomic E-state index is 0.0339. The molecule has 20 heavy (non-hydrogen) atoms. The Morgan fingerprint density at radius 2 is 2.10 bits per heavy atom. The standard InChI is InChI=1S/C16H20N2O2/c1-12-6-3-4-7-14(12)10-18-16(19)11-17-13(2)15-8-5-9-20-15/h3-9,13,17H,10-11H2,1-2H3,(H,18,19)/p+1/t13-/m0/s1. The zero-order chi connectivity index (χ0) is 14.4. The molecule has 0 aliphatic carbocycles. The van der Waals surface area contributed by atoms with Crippen LogP contribution in [0.4, 0.5) is 0 Å². The summed E-state index contributed by atoms with van der Waals surface area (Å²) in [5.74, 6) is 0.920. The van der Waals surface area contributed by atoms with Gasteiger partial charge in [-0.2, -0.15) is 0 Å². The van der Waals surface area contributed by atoms with E-state index in [2.05, 4.69) is 5.32 Å². The number of furan rings is 1. The highest BCUT2D eigenvalue weighted by molar-refractivity contribution is 5.76. The van der Waals surface area contributed by atoms with E-state index < -0.39 is 0 Å². The number of benzene rings is 1. The summed E-state index contributed by atoms with van der Waals surface area (Å²) in [5.41, 5.74) is 2.35. The highest BCUT2D eigenvalue weighted by atomic mass is 16.3. The molecule has 1 amide bonds. The van der Waals surface area contributed by atoms with Crippen LogP contribution in [0.25, 0.3) is 0 Å². The molecule has 1 heterocycles. The van der Waals surface area contributed by atoms with Crippen LogP contribution in [-0.4, -0.2) is 12.5 Å². The Morgan fingerprint density at radius 1 is 1.30 bits per heavy atom. The number of hydrogen-bond acceptors (Lipinski definition) is 2. The molecule has 2 rings (SSSR count). The van der Waals surface area contributed by atoms with E-state index >= 15 is 0 Å². The molecule has 0 unspecified atom stereocenters. The second-order valence-corrected chi connectivity index (χ2v) is 4.95. The lowest BCUT2D eigenvalue weighted by atomic mass is 10.1. The average Bonchev–Trinajstić information content (AvgIpc) is 2.98. The Bertz CT molecular complexity index is 549. The fourth-order valence-corrected chi connectivity index (χ4v) is 2.02. The summed E-state index contributed by atoms with van der Waals surface area (Å²) < 4.78 is 5.31.